The molecule has 0 amide bonds. The van der Waals surface area contributed by atoms with Gasteiger partial charge in [-0.15, -0.1) is 23.5 Å². The van der Waals surface area contributed by atoms with Crippen LogP contribution in [0.4, 0.5) is 0 Å². The van der Waals surface area contributed by atoms with Crippen LogP contribution in [0.5, 0.6) is 0 Å². The van der Waals surface area contributed by atoms with Crippen molar-refractivity contribution >= 4 is 23.5 Å². The van der Waals surface area contributed by atoms with Crippen LogP contribution in [-0.4, -0.2) is 26.8 Å². The molecule has 0 aromatic carbocycles. The van der Waals surface area contributed by atoms with E-state index in [1.54, 1.807) is 0 Å². The molecule has 2 aliphatic rings. The Morgan fingerprint density at radius 3 is 2.30 bits per heavy atom. The zero-order valence-corrected chi connectivity index (χ0v) is 7.51. The van der Waals surface area contributed by atoms with Crippen molar-refractivity contribution in [3.05, 3.63) is 0 Å². The number of hydrogen-bond donors (Lipinski definition) is 1. The maximum Gasteiger partial charge on any atom is 0.0660 e. The van der Waals surface area contributed by atoms with Crippen LogP contribution in [-0.2, 0) is 0 Å². The molecule has 2 fully saturated rings. The summed E-state index contributed by atoms with van der Waals surface area (Å²) < 4.78 is 0.456. The van der Waals surface area contributed by atoms with E-state index in [1.165, 1.54) is 17.9 Å². The summed E-state index contributed by atoms with van der Waals surface area (Å²) in [4.78, 5) is 0. The number of thioether (sulfide) groups is 2. The Morgan fingerprint density at radius 2 is 1.80 bits per heavy atom. The first-order valence-corrected chi connectivity index (χ1v) is 5.74. The van der Waals surface area contributed by atoms with Gasteiger partial charge in [0.1, 0.15) is 0 Å². The molecule has 0 bridgehead atoms. The third-order valence-electron chi connectivity index (χ3n) is 2.11. The molecule has 3 heteroatoms. The van der Waals surface area contributed by atoms with Gasteiger partial charge in [-0.2, -0.15) is 0 Å². The molecule has 0 radical (unpaired) electrons. The fourth-order valence-electron chi connectivity index (χ4n) is 1.51. The third kappa shape index (κ3) is 1.19. The molecule has 0 aromatic heterocycles. The minimum absolute atomic E-state index is 0.0121. The Kier molecular flexibility index (Phi) is 1.91. The molecule has 0 unspecified atom stereocenters. The highest BCUT2D eigenvalue weighted by Gasteiger charge is 2.45. The fourth-order valence-corrected chi connectivity index (χ4v) is 5.09. The van der Waals surface area contributed by atoms with Gasteiger partial charge < -0.3 is 5.11 Å². The van der Waals surface area contributed by atoms with Crippen molar-refractivity contribution in [1.82, 2.24) is 0 Å². The van der Waals surface area contributed by atoms with Crippen molar-refractivity contribution in [2.75, 3.05) is 11.5 Å². The smallest absolute Gasteiger partial charge is 0.0660 e. The van der Waals surface area contributed by atoms with E-state index >= 15 is 0 Å². The third-order valence-corrected chi connectivity index (χ3v) is 5.52. The van der Waals surface area contributed by atoms with E-state index in [-0.39, 0.29) is 6.10 Å². The minimum atomic E-state index is 0.0121. The molecule has 1 aliphatic carbocycles. The van der Waals surface area contributed by atoms with Crippen molar-refractivity contribution in [3.63, 3.8) is 0 Å². The maximum atomic E-state index is 9.14. The van der Waals surface area contributed by atoms with Gasteiger partial charge in [-0.25, -0.2) is 0 Å². The second-order valence-electron chi connectivity index (χ2n) is 3.02. The second-order valence-corrected chi connectivity index (χ2v) is 6.24. The normalized spacial score (nSPS) is 32.1. The zero-order chi connectivity index (χ0) is 7.03. The molecule has 2 rings (SSSR count). The van der Waals surface area contributed by atoms with Gasteiger partial charge in [0.15, 0.2) is 0 Å². The standard InChI is InChI=1S/C7H12OS2/c8-6-4-7(5-6)9-2-1-3-10-7/h6,8H,1-5H2. The van der Waals surface area contributed by atoms with Crippen LogP contribution in [0.2, 0.25) is 0 Å². The highest BCUT2D eigenvalue weighted by molar-refractivity contribution is 8.18. The van der Waals surface area contributed by atoms with Gasteiger partial charge in [0.05, 0.1) is 10.2 Å². The number of aliphatic hydroxyl groups excluding tert-OH is 1. The monoisotopic (exact) mass is 176 g/mol. The van der Waals surface area contributed by atoms with Crippen LogP contribution >= 0.6 is 23.5 Å². The molecule has 1 saturated carbocycles. The van der Waals surface area contributed by atoms with Gasteiger partial charge in [-0.1, -0.05) is 0 Å². The van der Waals surface area contributed by atoms with Gasteiger partial charge in [0, 0.05) is 0 Å². The van der Waals surface area contributed by atoms with E-state index in [0.717, 1.165) is 12.8 Å². The molecule has 0 atom stereocenters. The summed E-state index contributed by atoms with van der Waals surface area (Å²) in [7, 11) is 0. The predicted molar refractivity (Wildman–Crippen MR) is 47.5 cm³/mol. The SMILES string of the molecule is OC1CC2(C1)SCCCS2. The van der Waals surface area contributed by atoms with Gasteiger partial charge in [-0.3, -0.25) is 0 Å². The molecular formula is C7H12OS2. The van der Waals surface area contributed by atoms with E-state index in [1.807, 2.05) is 0 Å². The lowest BCUT2D eigenvalue weighted by molar-refractivity contribution is 0.0908. The summed E-state index contributed by atoms with van der Waals surface area (Å²) >= 11 is 4.12. The average molecular weight is 176 g/mol. The fraction of sp³-hybridized carbons (Fsp3) is 1.00. The first-order valence-electron chi connectivity index (χ1n) is 3.77. The first-order chi connectivity index (χ1) is 4.81. The highest BCUT2D eigenvalue weighted by Crippen LogP contribution is 2.54. The second kappa shape index (κ2) is 2.61. The van der Waals surface area contributed by atoms with Gasteiger partial charge in [-0.05, 0) is 30.8 Å². The van der Waals surface area contributed by atoms with Crippen molar-refractivity contribution in [2.24, 2.45) is 0 Å². The van der Waals surface area contributed by atoms with Crippen molar-refractivity contribution in [1.29, 1.82) is 0 Å². The van der Waals surface area contributed by atoms with Gasteiger partial charge in [0.2, 0.25) is 0 Å². The summed E-state index contributed by atoms with van der Waals surface area (Å²) in [6.07, 6.45) is 3.43. The van der Waals surface area contributed by atoms with E-state index in [9.17, 15) is 0 Å². The van der Waals surface area contributed by atoms with Crippen LogP contribution in [0.3, 0.4) is 0 Å². The Balaban J connectivity index is 1.90. The lowest BCUT2D eigenvalue weighted by Gasteiger charge is -2.46. The van der Waals surface area contributed by atoms with E-state index in [2.05, 4.69) is 23.5 Å². The van der Waals surface area contributed by atoms with Gasteiger partial charge in [0.25, 0.3) is 0 Å². The molecule has 58 valence electrons. The first kappa shape index (κ1) is 7.32. The zero-order valence-electron chi connectivity index (χ0n) is 5.88. The number of hydrogen-bond acceptors (Lipinski definition) is 3. The minimum Gasteiger partial charge on any atom is -0.393 e. The number of rotatable bonds is 0. The molecule has 0 aromatic rings. The van der Waals surface area contributed by atoms with Crippen molar-refractivity contribution in [3.8, 4) is 0 Å². The topological polar surface area (TPSA) is 20.2 Å². The molecule has 1 saturated heterocycles. The molecule has 1 heterocycles. The summed E-state index contributed by atoms with van der Waals surface area (Å²) in [5, 5.41) is 9.14. The lowest BCUT2D eigenvalue weighted by atomic mass is 9.95. The van der Waals surface area contributed by atoms with Crippen molar-refractivity contribution < 1.29 is 5.11 Å². The van der Waals surface area contributed by atoms with Crippen LogP contribution in [0.15, 0.2) is 0 Å². The molecule has 1 aliphatic heterocycles. The maximum absolute atomic E-state index is 9.14. The van der Waals surface area contributed by atoms with Crippen LogP contribution < -0.4 is 0 Å². The summed E-state index contributed by atoms with van der Waals surface area (Å²) in [5.74, 6) is 2.61. The van der Waals surface area contributed by atoms with Crippen LogP contribution in [0, 0.1) is 0 Å². The summed E-state index contributed by atoms with van der Waals surface area (Å²) in [6.45, 7) is 0. The largest absolute Gasteiger partial charge is 0.393 e. The Morgan fingerprint density at radius 1 is 1.20 bits per heavy atom. The Bertz CT molecular complexity index is 116. The average Bonchev–Trinajstić information content (AvgIpc) is 1.87. The Labute approximate surface area is 70.0 Å². The van der Waals surface area contributed by atoms with E-state index in [0.29, 0.717) is 4.08 Å². The molecule has 10 heavy (non-hydrogen) atoms. The summed E-state index contributed by atoms with van der Waals surface area (Å²) in [5.41, 5.74) is 0. The lowest BCUT2D eigenvalue weighted by Crippen LogP contribution is -2.43. The van der Waals surface area contributed by atoms with Crippen molar-refractivity contribution in [2.45, 2.75) is 29.4 Å². The molecule has 1 spiro atoms. The molecule has 1 N–H and O–H groups in total. The highest BCUT2D eigenvalue weighted by atomic mass is 32.2. The Hall–Kier alpha value is 0.660. The van der Waals surface area contributed by atoms with Crippen LogP contribution in [0.25, 0.3) is 0 Å². The summed E-state index contributed by atoms with van der Waals surface area (Å²) in [6, 6.07) is 0. The van der Waals surface area contributed by atoms with Crippen LogP contribution in [0.1, 0.15) is 19.3 Å². The predicted octanol–water partition coefficient (Wildman–Crippen LogP) is 1.71. The van der Waals surface area contributed by atoms with E-state index < -0.39 is 0 Å². The molecular weight excluding hydrogens is 164 g/mol. The molecule has 1 nitrogen and oxygen atoms in total. The van der Waals surface area contributed by atoms with E-state index in [4.69, 9.17) is 5.11 Å². The van der Waals surface area contributed by atoms with Gasteiger partial charge >= 0.3 is 0 Å². The quantitative estimate of drug-likeness (QED) is 0.607. The number of aliphatic hydroxyl groups is 1.